The zero-order valence-electron chi connectivity index (χ0n) is 29.3. The largest absolute Gasteiger partial charge is 0.511 e. The van der Waals surface area contributed by atoms with Gasteiger partial charge in [-0.05, 0) is 42.2 Å². The quantitative estimate of drug-likeness (QED) is 0.121. The fourth-order valence-corrected chi connectivity index (χ4v) is 6.22. The first kappa shape index (κ1) is 36.4. The summed E-state index contributed by atoms with van der Waals surface area (Å²) in [7, 11) is 1.19. The molecule has 4 aromatic rings. The highest BCUT2D eigenvalue weighted by atomic mass is 16.8. The number of aliphatic hydroxyl groups is 1. The van der Waals surface area contributed by atoms with E-state index in [1.807, 2.05) is 55.5 Å². The fraction of sp³-hybridized carbons (Fsp3) is 0.457. The maximum Gasteiger partial charge on any atom is 0.511 e. The number of aromatic nitrogens is 6. The minimum Gasteiger partial charge on any atom is -0.438 e. The number of carbonyl (C=O) groups is 3. The number of aromatic amines is 1. The number of hydrogen-bond donors (Lipinski definition) is 2. The van der Waals surface area contributed by atoms with Gasteiger partial charge in [0.05, 0.1) is 20.3 Å². The van der Waals surface area contributed by atoms with Crippen molar-refractivity contribution in [3.8, 4) is 22.5 Å². The smallest absolute Gasteiger partial charge is 0.438 e. The zero-order valence-corrected chi connectivity index (χ0v) is 29.3. The molecule has 5 atom stereocenters. The van der Waals surface area contributed by atoms with Crippen LogP contribution in [0.25, 0.3) is 22.5 Å². The van der Waals surface area contributed by atoms with Gasteiger partial charge in [0.2, 0.25) is 12.1 Å². The number of aryl methyl sites for hydroxylation is 1. The highest BCUT2D eigenvalue weighted by molar-refractivity contribution is 5.89. The fourth-order valence-electron chi connectivity index (χ4n) is 6.22. The van der Waals surface area contributed by atoms with Crippen molar-refractivity contribution >= 4 is 18.3 Å². The van der Waals surface area contributed by atoms with Gasteiger partial charge in [-0.3, -0.25) is 0 Å². The van der Waals surface area contributed by atoms with Crippen LogP contribution in [0.5, 0.6) is 0 Å². The number of rotatable bonds is 12. The number of nitrogens with one attached hydrogen (secondary N) is 1. The standard InChI is InChI=1S/C35H40N6O11/c1-6-9-26-36-30(35(3,4)45)27(41(26)16-20-12-14-21(15-13-20)22-10-7-8-11-23(22)31-37-39-40-38-31)32(42)49-19(2)50-34(44)52-25-18-48-28-24(17-47-29(25)28)51-33(43)46-5/h7-8,10-15,19,24-25,28-29,45H,6,9,16-18H2,1-5H3,(H,37,38,39,40)/t19?,24-,25+,28-,29-/m1/s1. The normalized spacial score (nSPS) is 20.2. The van der Waals surface area contributed by atoms with E-state index in [4.69, 9.17) is 28.4 Å². The first-order chi connectivity index (χ1) is 25.0. The lowest BCUT2D eigenvalue weighted by Gasteiger charge is -2.21. The van der Waals surface area contributed by atoms with Crippen LogP contribution in [0.1, 0.15) is 61.7 Å². The highest BCUT2D eigenvalue weighted by Crippen LogP contribution is 2.33. The van der Waals surface area contributed by atoms with Crippen molar-refractivity contribution < 1.29 is 52.6 Å². The molecule has 4 heterocycles. The first-order valence-corrected chi connectivity index (χ1v) is 16.8. The number of imidazole rings is 1. The van der Waals surface area contributed by atoms with Gasteiger partial charge in [0, 0.05) is 25.5 Å². The number of hydrogen-bond acceptors (Lipinski definition) is 15. The number of ether oxygens (including phenoxy) is 7. The van der Waals surface area contributed by atoms with E-state index in [0.29, 0.717) is 18.1 Å². The minimum atomic E-state index is -1.51. The van der Waals surface area contributed by atoms with Gasteiger partial charge in [-0.15, -0.1) is 10.2 Å². The number of methoxy groups -OCH3 is 1. The summed E-state index contributed by atoms with van der Waals surface area (Å²) >= 11 is 0. The van der Waals surface area contributed by atoms with Crippen LogP contribution in [-0.2, 0) is 51.7 Å². The molecule has 2 N–H and O–H groups in total. The van der Waals surface area contributed by atoms with Gasteiger partial charge in [0.25, 0.3) is 0 Å². The summed E-state index contributed by atoms with van der Waals surface area (Å²) < 4.78 is 38.9. The monoisotopic (exact) mass is 720 g/mol. The molecule has 2 saturated heterocycles. The van der Waals surface area contributed by atoms with E-state index in [0.717, 1.165) is 28.7 Å². The van der Waals surface area contributed by atoms with Crippen LogP contribution in [0.4, 0.5) is 9.59 Å². The molecule has 0 radical (unpaired) electrons. The van der Waals surface area contributed by atoms with Gasteiger partial charge in [-0.25, -0.2) is 19.4 Å². The topological polar surface area (TPSA) is 208 Å². The Bertz CT molecular complexity index is 1870. The Kier molecular flexibility index (Phi) is 10.8. The molecular weight excluding hydrogens is 680 g/mol. The molecular formula is C35H40N6O11. The summed E-state index contributed by atoms with van der Waals surface area (Å²) in [6.45, 7) is 6.65. The third-order valence-electron chi connectivity index (χ3n) is 8.57. The van der Waals surface area contributed by atoms with Crippen LogP contribution in [0.3, 0.4) is 0 Å². The average Bonchev–Trinajstić information content (AvgIpc) is 3.92. The first-order valence-electron chi connectivity index (χ1n) is 16.8. The molecule has 0 saturated carbocycles. The van der Waals surface area contributed by atoms with E-state index in [1.165, 1.54) is 27.9 Å². The van der Waals surface area contributed by atoms with Crippen molar-refractivity contribution in [1.29, 1.82) is 0 Å². The molecule has 2 aliphatic rings. The lowest BCUT2D eigenvalue weighted by Crippen LogP contribution is -2.36. The molecule has 0 aliphatic carbocycles. The van der Waals surface area contributed by atoms with Crippen LogP contribution in [0.15, 0.2) is 48.5 Å². The van der Waals surface area contributed by atoms with Gasteiger partial charge in [-0.1, -0.05) is 55.5 Å². The van der Waals surface area contributed by atoms with Gasteiger partial charge in [0.1, 0.15) is 29.3 Å². The predicted octanol–water partition coefficient (Wildman–Crippen LogP) is 3.93. The molecule has 6 rings (SSSR count). The van der Waals surface area contributed by atoms with Crippen LogP contribution >= 0.6 is 0 Å². The summed E-state index contributed by atoms with van der Waals surface area (Å²) in [4.78, 5) is 42.8. The second kappa shape index (κ2) is 15.5. The van der Waals surface area contributed by atoms with Gasteiger partial charge in [-0.2, -0.15) is 5.21 Å². The number of fused-ring (bicyclic) bond motifs is 1. The third-order valence-corrected chi connectivity index (χ3v) is 8.57. The van der Waals surface area contributed by atoms with Crippen molar-refractivity contribution in [3.63, 3.8) is 0 Å². The SMILES string of the molecule is CCCc1nc(C(C)(C)O)c(C(=O)OC(C)OC(=O)O[C@H]2CO[C@H]3[C@@H]2OC[C@H]3OC(=O)OC)n1Cc1ccc(-c2ccccc2-c2nn[nH]n2)cc1. The van der Waals surface area contributed by atoms with Crippen molar-refractivity contribution in [1.82, 2.24) is 30.2 Å². The van der Waals surface area contributed by atoms with Crippen LogP contribution in [0.2, 0.25) is 0 Å². The number of nitrogens with zero attached hydrogens (tertiary/aromatic N) is 5. The van der Waals surface area contributed by atoms with E-state index in [1.54, 1.807) is 4.57 Å². The minimum absolute atomic E-state index is 0.0225. The van der Waals surface area contributed by atoms with Gasteiger partial charge < -0.3 is 42.8 Å². The van der Waals surface area contributed by atoms with Crippen molar-refractivity contribution in [3.05, 3.63) is 71.3 Å². The number of tetrazole rings is 1. The number of benzene rings is 2. The summed E-state index contributed by atoms with van der Waals surface area (Å²) in [6.07, 6.45) is -5.10. The van der Waals surface area contributed by atoms with Crippen molar-refractivity contribution in [2.45, 2.75) is 83.4 Å². The summed E-state index contributed by atoms with van der Waals surface area (Å²) in [5.74, 6) is 0.192. The number of esters is 1. The second-order valence-electron chi connectivity index (χ2n) is 12.8. The summed E-state index contributed by atoms with van der Waals surface area (Å²) in [6, 6.07) is 15.5. The Morgan fingerprint density at radius 3 is 2.23 bits per heavy atom. The molecule has 17 nitrogen and oxygen atoms in total. The van der Waals surface area contributed by atoms with E-state index in [-0.39, 0.29) is 31.1 Å². The third kappa shape index (κ3) is 7.90. The maximum atomic E-state index is 13.8. The Labute approximate surface area is 298 Å². The Morgan fingerprint density at radius 2 is 1.63 bits per heavy atom. The molecule has 2 aromatic carbocycles. The molecule has 17 heteroatoms. The van der Waals surface area contributed by atoms with Crippen LogP contribution in [0, 0.1) is 0 Å². The zero-order chi connectivity index (χ0) is 37.0. The summed E-state index contributed by atoms with van der Waals surface area (Å²) in [5, 5.41) is 25.5. The van der Waals surface area contributed by atoms with Crippen molar-refractivity contribution in [2.24, 2.45) is 0 Å². The lowest BCUT2D eigenvalue weighted by atomic mass is 9.98. The van der Waals surface area contributed by atoms with E-state index in [2.05, 4.69) is 30.3 Å². The van der Waals surface area contributed by atoms with E-state index >= 15 is 0 Å². The lowest BCUT2D eigenvalue weighted by molar-refractivity contribution is -0.0994. The average molecular weight is 721 g/mol. The van der Waals surface area contributed by atoms with E-state index in [9.17, 15) is 19.5 Å². The van der Waals surface area contributed by atoms with Crippen LogP contribution in [-0.4, -0.2) is 105 Å². The van der Waals surface area contributed by atoms with Crippen molar-refractivity contribution in [2.75, 3.05) is 20.3 Å². The molecule has 2 aliphatic heterocycles. The molecule has 0 spiro atoms. The Morgan fingerprint density at radius 1 is 0.981 bits per heavy atom. The highest BCUT2D eigenvalue weighted by Gasteiger charge is 2.51. The molecule has 52 heavy (non-hydrogen) atoms. The van der Waals surface area contributed by atoms with Crippen LogP contribution < -0.4 is 0 Å². The summed E-state index contributed by atoms with van der Waals surface area (Å²) in [5.41, 5.74) is 2.14. The number of carbonyl (C=O) groups excluding carboxylic acids is 3. The second-order valence-corrected chi connectivity index (χ2v) is 12.8. The predicted molar refractivity (Wildman–Crippen MR) is 179 cm³/mol. The van der Waals surface area contributed by atoms with E-state index < -0.39 is 54.6 Å². The Hall–Kier alpha value is -5.39. The molecule has 2 fully saturated rings. The Balaban J connectivity index is 1.16. The molecule has 1 unspecified atom stereocenters. The van der Waals surface area contributed by atoms with Gasteiger partial charge >= 0.3 is 18.3 Å². The number of H-pyrrole nitrogens is 1. The molecule has 0 bridgehead atoms. The molecule has 0 amide bonds. The molecule has 276 valence electrons. The maximum absolute atomic E-state index is 13.8. The molecule has 2 aromatic heterocycles. The van der Waals surface area contributed by atoms with Gasteiger partial charge in [0.15, 0.2) is 17.9 Å².